The lowest BCUT2D eigenvalue weighted by Crippen LogP contribution is -2.30. The SMILES string of the molecule is CN(C)C(=O)c1ccccc1NC(=O)[C@H]1CNC[C@@H]1c1cnn(C)c1.Cl. The Morgan fingerprint density at radius 2 is 2.00 bits per heavy atom. The molecule has 1 aromatic heterocycles. The first kappa shape index (κ1) is 19.9. The molecule has 0 radical (unpaired) electrons. The summed E-state index contributed by atoms with van der Waals surface area (Å²) in [6, 6.07) is 7.09. The van der Waals surface area contributed by atoms with Gasteiger partial charge in [0, 0.05) is 46.3 Å². The van der Waals surface area contributed by atoms with Crippen LogP contribution in [0.15, 0.2) is 36.7 Å². The second kappa shape index (κ2) is 8.33. The summed E-state index contributed by atoms with van der Waals surface area (Å²) >= 11 is 0. The van der Waals surface area contributed by atoms with Crippen LogP contribution in [-0.2, 0) is 11.8 Å². The van der Waals surface area contributed by atoms with Crippen LogP contribution in [0.4, 0.5) is 5.69 Å². The van der Waals surface area contributed by atoms with Gasteiger partial charge in [0.2, 0.25) is 5.91 Å². The van der Waals surface area contributed by atoms with Crippen molar-refractivity contribution in [2.24, 2.45) is 13.0 Å². The van der Waals surface area contributed by atoms with Gasteiger partial charge >= 0.3 is 0 Å². The smallest absolute Gasteiger partial charge is 0.255 e. The Morgan fingerprint density at radius 3 is 2.65 bits per heavy atom. The van der Waals surface area contributed by atoms with Crippen molar-refractivity contribution in [1.29, 1.82) is 0 Å². The average molecular weight is 378 g/mol. The number of hydrogen-bond acceptors (Lipinski definition) is 4. The largest absolute Gasteiger partial charge is 0.345 e. The van der Waals surface area contributed by atoms with E-state index >= 15 is 0 Å². The normalized spacial score (nSPS) is 18.9. The fourth-order valence-electron chi connectivity index (χ4n) is 3.18. The maximum Gasteiger partial charge on any atom is 0.255 e. The van der Waals surface area contributed by atoms with Gasteiger partial charge in [-0.3, -0.25) is 14.3 Å². The molecule has 7 nitrogen and oxygen atoms in total. The molecule has 1 saturated heterocycles. The number of halogens is 1. The molecule has 0 saturated carbocycles. The van der Waals surface area contributed by atoms with Gasteiger partial charge < -0.3 is 15.5 Å². The molecule has 2 aromatic rings. The summed E-state index contributed by atoms with van der Waals surface area (Å²) in [6.07, 6.45) is 3.75. The number of carbonyl (C=O) groups excluding carboxylic acids is 2. The van der Waals surface area contributed by atoms with Crippen molar-refractivity contribution in [2.45, 2.75) is 5.92 Å². The highest BCUT2D eigenvalue weighted by molar-refractivity contribution is 6.04. The minimum Gasteiger partial charge on any atom is -0.345 e. The van der Waals surface area contributed by atoms with Crippen molar-refractivity contribution >= 4 is 29.9 Å². The van der Waals surface area contributed by atoms with Gasteiger partial charge in [0.15, 0.2) is 0 Å². The van der Waals surface area contributed by atoms with Crippen LogP contribution < -0.4 is 10.6 Å². The highest BCUT2D eigenvalue weighted by atomic mass is 35.5. The molecule has 1 aromatic carbocycles. The van der Waals surface area contributed by atoms with E-state index < -0.39 is 0 Å². The Balaban J connectivity index is 0.00000243. The molecule has 8 heteroatoms. The first-order chi connectivity index (χ1) is 12.0. The zero-order valence-electron chi connectivity index (χ0n) is 15.1. The summed E-state index contributed by atoms with van der Waals surface area (Å²) in [4.78, 5) is 26.7. The van der Waals surface area contributed by atoms with Gasteiger partial charge in [-0.15, -0.1) is 12.4 Å². The molecular formula is C18H24ClN5O2. The third-order valence-corrected chi connectivity index (χ3v) is 4.53. The first-order valence-corrected chi connectivity index (χ1v) is 8.28. The molecular weight excluding hydrogens is 354 g/mol. The fraction of sp³-hybridized carbons (Fsp3) is 0.389. The highest BCUT2D eigenvalue weighted by Gasteiger charge is 2.35. The number of amides is 2. The van der Waals surface area contributed by atoms with E-state index in [4.69, 9.17) is 0 Å². The minimum atomic E-state index is -0.202. The number of anilines is 1. The Morgan fingerprint density at radius 1 is 1.27 bits per heavy atom. The summed E-state index contributed by atoms with van der Waals surface area (Å²) in [5.74, 6) is -0.348. The topological polar surface area (TPSA) is 79.3 Å². The fourth-order valence-corrected chi connectivity index (χ4v) is 3.18. The average Bonchev–Trinajstić information content (AvgIpc) is 3.23. The molecule has 1 aliphatic heterocycles. The maximum atomic E-state index is 12.8. The van der Waals surface area contributed by atoms with E-state index in [9.17, 15) is 9.59 Å². The molecule has 1 aliphatic rings. The number of para-hydroxylation sites is 1. The molecule has 0 aliphatic carbocycles. The van der Waals surface area contributed by atoms with Crippen LogP contribution >= 0.6 is 12.4 Å². The van der Waals surface area contributed by atoms with Crippen LogP contribution in [0.3, 0.4) is 0 Å². The number of nitrogens with one attached hydrogen (secondary N) is 2. The third kappa shape index (κ3) is 4.05. The Labute approximate surface area is 159 Å². The molecule has 2 atom stereocenters. The van der Waals surface area contributed by atoms with E-state index in [1.165, 1.54) is 4.90 Å². The molecule has 1 fully saturated rings. The zero-order chi connectivity index (χ0) is 18.0. The maximum absolute atomic E-state index is 12.8. The highest BCUT2D eigenvalue weighted by Crippen LogP contribution is 2.29. The van der Waals surface area contributed by atoms with Gasteiger partial charge in [0.05, 0.1) is 23.4 Å². The van der Waals surface area contributed by atoms with E-state index in [1.807, 2.05) is 25.5 Å². The van der Waals surface area contributed by atoms with Crippen LogP contribution in [0.25, 0.3) is 0 Å². The van der Waals surface area contributed by atoms with Gasteiger partial charge in [-0.25, -0.2) is 0 Å². The van der Waals surface area contributed by atoms with Crippen molar-refractivity contribution in [3.63, 3.8) is 0 Å². The van der Waals surface area contributed by atoms with Gasteiger partial charge in [0.1, 0.15) is 0 Å². The number of aromatic nitrogens is 2. The van der Waals surface area contributed by atoms with E-state index in [-0.39, 0.29) is 36.1 Å². The molecule has 0 spiro atoms. The molecule has 140 valence electrons. The number of nitrogens with zero attached hydrogens (tertiary/aromatic N) is 3. The summed E-state index contributed by atoms with van der Waals surface area (Å²) in [7, 11) is 5.25. The standard InChI is InChI=1S/C18H23N5O2.ClH/c1-22(2)18(25)13-6-4-5-7-16(13)21-17(24)15-10-19-9-14(15)12-8-20-23(3)11-12;/h4-8,11,14-15,19H,9-10H2,1-3H3,(H,21,24);1H/t14-,15+;/m1./s1. The van der Waals surface area contributed by atoms with Crippen molar-refractivity contribution in [1.82, 2.24) is 20.0 Å². The van der Waals surface area contributed by atoms with E-state index in [2.05, 4.69) is 15.7 Å². The predicted molar refractivity (Wildman–Crippen MR) is 103 cm³/mol. The van der Waals surface area contributed by atoms with Crippen LogP contribution in [0, 0.1) is 5.92 Å². The van der Waals surface area contributed by atoms with E-state index in [1.54, 1.807) is 37.0 Å². The molecule has 2 heterocycles. The molecule has 2 N–H and O–H groups in total. The minimum absolute atomic E-state index is 0. The van der Waals surface area contributed by atoms with Gasteiger partial charge in [-0.2, -0.15) is 5.10 Å². The molecule has 0 unspecified atom stereocenters. The lowest BCUT2D eigenvalue weighted by Gasteiger charge is -2.19. The molecule has 0 bridgehead atoms. The van der Waals surface area contributed by atoms with Gasteiger partial charge in [-0.05, 0) is 17.7 Å². The van der Waals surface area contributed by atoms with Crippen molar-refractivity contribution in [3.05, 3.63) is 47.8 Å². The summed E-state index contributed by atoms with van der Waals surface area (Å²) in [6.45, 7) is 1.34. The third-order valence-electron chi connectivity index (χ3n) is 4.53. The quantitative estimate of drug-likeness (QED) is 0.846. The molecule has 2 amide bonds. The van der Waals surface area contributed by atoms with E-state index in [0.29, 0.717) is 17.8 Å². The second-order valence-electron chi connectivity index (χ2n) is 6.55. The second-order valence-corrected chi connectivity index (χ2v) is 6.55. The summed E-state index contributed by atoms with van der Waals surface area (Å²) in [5.41, 5.74) is 2.08. The Bertz CT molecular complexity index is 789. The van der Waals surface area contributed by atoms with Crippen LogP contribution in [0.5, 0.6) is 0 Å². The number of carbonyl (C=O) groups is 2. The summed E-state index contributed by atoms with van der Waals surface area (Å²) in [5, 5.41) is 10.4. The number of hydrogen-bond donors (Lipinski definition) is 2. The number of benzene rings is 1. The van der Waals surface area contributed by atoms with Crippen LogP contribution in [0.2, 0.25) is 0 Å². The van der Waals surface area contributed by atoms with Gasteiger partial charge in [0.25, 0.3) is 5.91 Å². The summed E-state index contributed by atoms with van der Waals surface area (Å²) < 4.78 is 1.74. The molecule has 26 heavy (non-hydrogen) atoms. The molecule has 3 rings (SSSR count). The van der Waals surface area contributed by atoms with E-state index in [0.717, 1.165) is 12.1 Å². The Kier molecular flexibility index (Phi) is 6.39. The van der Waals surface area contributed by atoms with Crippen molar-refractivity contribution in [3.8, 4) is 0 Å². The van der Waals surface area contributed by atoms with Crippen molar-refractivity contribution in [2.75, 3.05) is 32.5 Å². The van der Waals surface area contributed by atoms with Gasteiger partial charge in [-0.1, -0.05) is 12.1 Å². The zero-order valence-corrected chi connectivity index (χ0v) is 15.9. The van der Waals surface area contributed by atoms with Crippen molar-refractivity contribution < 1.29 is 9.59 Å². The first-order valence-electron chi connectivity index (χ1n) is 8.28. The predicted octanol–water partition coefficient (Wildman–Crippen LogP) is 1.49. The lowest BCUT2D eigenvalue weighted by atomic mass is 9.90. The Hall–Kier alpha value is -2.38. The monoisotopic (exact) mass is 377 g/mol. The van der Waals surface area contributed by atoms with Crippen LogP contribution in [-0.4, -0.2) is 53.7 Å². The lowest BCUT2D eigenvalue weighted by molar-refractivity contribution is -0.119. The number of aryl methyl sites for hydroxylation is 1. The van der Waals surface area contributed by atoms with Crippen LogP contribution in [0.1, 0.15) is 21.8 Å². The number of rotatable bonds is 4.